The third-order valence-corrected chi connectivity index (χ3v) is 5.70. The predicted octanol–water partition coefficient (Wildman–Crippen LogP) is 1.46. The van der Waals surface area contributed by atoms with Gasteiger partial charge >= 0.3 is 0 Å². The molecule has 2 atom stereocenters. The molecule has 20 heavy (non-hydrogen) atoms. The molecule has 3 aliphatic rings. The Morgan fingerprint density at radius 1 is 1.05 bits per heavy atom. The molecular weight excluding hydrogens is 250 g/mol. The Bertz CT molecular complexity index is 363. The van der Waals surface area contributed by atoms with Gasteiger partial charge in [-0.25, -0.2) is 0 Å². The van der Waals surface area contributed by atoms with Gasteiger partial charge in [0.1, 0.15) is 0 Å². The van der Waals surface area contributed by atoms with Crippen molar-refractivity contribution in [2.45, 2.75) is 57.5 Å². The van der Waals surface area contributed by atoms with Gasteiger partial charge < -0.3 is 10.2 Å². The van der Waals surface area contributed by atoms with E-state index in [0.717, 1.165) is 38.6 Å². The second-order valence-electron chi connectivity index (χ2n) is 7.20. The summed E-state index contributed by atoms with van der Waals surface area (Å²) in [4.78, 5) is 17.7. The number of hydrogen-bond donors (Lipinski definition) is 1. The Kier molecular flexibility index (Phi) is 4.04. The van der Waals surface area contributed by atoms with E-state index in [9.17, 15) is 4.79 Å². The lowest BCUT2D eigenvalue weighted by molar-refractivity contribution is -0.144. The maximum atomic E-state index is 13.1. The fraction of sp³-hybridized carbons (Fsp3) is 0.938. The molecule has 4 heteroatoms. The van der Waals surface area contributed by atoms with Gasteiger partial charge in [-0.2, -0.15) is 0 Å². The number of nitrogens with zero attached hydrogens (tertiary/aromatic N) is 2. The van der Waals surface area contributed by atoms with E-state index >= 15 is 0 Å². The Morgan fingerprint density at radius 3 is 2.50 bits per heavy atom. The summed E-state index contributed by atoms with van der Waals surface area (Å²) < 4.78 is 0. The van der Waals surface area contributed by atoms with Gasteiger partial charge in [0, 0.05) is 38.8 Å². The van der Waals surface area contributed by atoms with Gasteiger partial charge in [0.15, 0.2) is 0 Å². The first-order valence-electron chi connectivity index (χ1n) is 8.37. The maximum absolute atomic E-state index is 13.1. The second-order valence-corrected chi connectivity index (χ2v) is 7.20. The first kappa shape index (κ1) is 14.3. The molecule has 1 amide bonds. The van der Waals surface area contributed by atoms with Crippen LogP contribution in [-0.4, -0.2) is 60.0 Å². The van der Waals surface area contributed by atoms with E-state index in [2.05, 4.69) is 29.0 Å². The standard InChI is InChI=1S/C16H29N3O/c1-16(2,18-11-8-17-9-12-18)15(20)19-10-7-13-5-3-4-6-14(13)19/h13-14,17H,3-12H2,1-2H3. The molecule has 2 heterocycles. The van der Waals surface area contributed by atoms with Crippen molar-refractivity contribution in [2.75, 3.05) is 32.7 Å². The Balaban J connectivity index is 1.70. The van der Waals surface area contributed by atoms with Crippen LogP contribution in [-0.2, 0) is 4.79 Å². The molecule has 114 valence electrons. The molecule has 1 aliphatic carbocycles. The molecule has 0 aromatic carbocycles. The molecule has 2 unspecified atom stereocenters. The lowest BCUT2D eigenvalue weighted by Gasteiger charge is -2.43. The molecule has 3 fully saturated rings. The summed E-state index contributed by atoms with van der Waals surface area (Å²) in [6, 6.07) is 0.540. The fourth-order valence-electron chi connectivity index (χ4n) is 4.37. The largest absolute Gasteiger partial charge is 0.338 e. The number of hydrogen-bond acceptors (Lipinski definition) is 3. The van der Waals surface area contributed by atoms with Crippen LogP contribution in [0.3, 0.4) is 0 Å². The zero-order valence-electron chi connectivity index (χ0n) is 13.0. The van der Waals surface area contributed by atoms with Crippen molar-refractivity contribution in [2.24, 2.45) is 5.92 Å². The summed E-state index contributed by atoms with van der Waals surface area (Å²) in [5.74, 6) is 1.15. The minimum absolute atomic E-state index is 0.339. The van der Waals surface area contributed by atoms with Gasteiger partial charge in [-0.05, 0) is 39.0 Å². The van der Waals surface area contributed by atoms with Crippen LogP contribution < -0.4 is 5.32 Å². The topological polar surface area (TPSA) is 35.6 Å². The molecule has 1 saturated carbocycles. The predicted molar refractivity (Wildman–Crippen MR) is 80.6 cm³/mol. The molecule has 2 aliphatic heterocycles. The van der Waals surface area contributed by atoms with Crippen LogP contribution in [0.25, 0.3) is 0 Å². The van der Waals surface area contributed by atoms with E-state index in [1.165, 1.54) is 32.1 Å². The minimum Gasteiger partial charge on any atom is -0.338 e. The summed E-state index contributed by atoms with van der Waals surface area (Å²) in [5, 5.41) is 3.37. The van der Waals surface area contributed by atoms with E-state index in [1.807, 2.05) is 0 Å². The molecule has 2 saturated heterocycles. The summed E-state index contributed by atoms with van der Waals surface area (Å²) in [6.45, 7) is 9.21. The first-order chi connectivity index (χ1) is 9.60. The smallest absolute Gasteiger partial charge is 0.242 e. The number of piperazine rings is 1. The van der Waals surface area contributed by atoms with Crippen molar-refractivity contribution in [1.82, 2.24) is 15.1 Å². The quantitative estimate of drug-likeness (QED) is 0.831. The highest BCUT2D eigenvalue weighted by molar-refractivity contribution is 5.86. The van der Waals surface area contributed by atoms with E-state index < -0.39 is 0 Å². The normalized spacial score (nSPS) is 32.2. The van der Waals surface area contributed by atoms with Gasteiger partial charge in [-0.1, -0.05) is 12.8 Å². The van der Waals surface area contributed by atoms with Crippen LogP contribution in [0.15, 0.2) is 0 Å². The van der Waals surface area contributed by atoms with Crippen LogP contribution in [0.1, 0.15) is 46.0 Å². The average molecular weight is 279 g/mol. The Labute approximate surface area is 122 Å². The van der Waals surface area contributed by atoms with Crippen molar-refractivity contribution >= 4 is 5.91 Å². The SMILES string of the molecule is CC(C)(C(=O)N1CCC2CCCCC21)N1CCNCC1. The van der Waals surface area contributed by atoms with E-state index in [1.54, 1.807) is 0 Å². The Morgan fingerprint density at radius 2 is 1.75 bits per heavy atom. The van der Waals surface area contributed by atoms with Crippen LogP contribution in [0.2, 0.25) is 0 Å². The van der Waals surface area contributed by atoms with Crippen LogP contribution in [0, 0.1) is 5.92 Å². The molecule has 0 aromatic rings. The Hall–Kier alpha value is -0.610. The summed E-state index contributed by atoms with van der Waals surface area (Å²) in [7, 11) is 0. The van der Waals surface area contributed by atoms with Crippen LogP contribution >= 0.6 is 0 Å². The molecule has 0 aromatic heterocycles. The van der Waals surface area contributed by atoms with Gasteiger partial charge in [-0.3, -0.25) is 9.69 Å². The number of fused-ring (bicyclic) bond motifs is 1. The third-order valence-electron chi connectivity index (χ3n) is 5.70. The summed E-state index contributed by atoms with van der Waals surface area (Å²) >= 11 is 0. The third kappa shape index (κ3) is 2.48. The van der Waals surface area contributed by atoms with Crippen molar-refractivity contribution < 1.29 is 4.79 Å². The van der Waals surface area contributed by atoms with E-state index in [0.29, 0.717) is 11.9 Å². The number of likely N-dealkylation sites (tertiary alicyclic amines) is 1. The first-order valence-corrected chi connectivity index (χ1v) is 8.37. The highest BCUT2D eigenvalue weighted by Crippen LogP contribution is 2.37. The van der Waals surface area contributed by atoms with Gasteiger partial charge in [0.05, 0.1) is 5.54 Å². The van der Waals surface area contributed by atoms with Crippen molar-refractivity contribution in [3.8, 4) is 0 Å². The number of carbonyl (C=O) groups excluding carboxylic acids is 1. The lowest BCUT2D eigenvalue weighted by atomic mass is 9.85. The van der Waals surface area contributed by atoms with E-state index in [-0.39, 0.29) is 5.54 Å². The van der Waals surface area contributed by atoms with Crippen molar-refractivity contribution in [1.29, 1.82) is 0 Å². The number of rotatable bonds is 2. The highest BCUT2D eigenvalue weighted by Gasteiger charge is 2.45. The van der Waals surface area contributed by atoms with Gasteiger partial charge in [-0.15, -0.1) is 0 Å². The maximum Gasteiger partial charge on any atom is 0.242 e. The zero-order valence-corrected chi connectivity index (χ0v) is 13.0. The molecule has 4 nitrogen and oxygen atoms in total. The molecule has 0 bridgehead atoms. The molecule has 0 spiro atoms. The minimum atomic E-state index is -0.339. The van der Waals surface area contributed by atoms with Gasteiger partial charge in [0.2, 0.25) is 5.91 Å². The van der Waals surface area contributed by atoms with Crippen LogP contribution in [0.5, 0.6) is 0 Å². The summed E-state index contributed by atoms with van der Waals surface area (Å²) in [6.07, 6.45) is 6.47. The van der Waals surface area contributed by atoms with E-state index in [4.69, 9.17) is 0 Å². The molecular formula is C16H29N3O. The van der Waals surface area contributed by atoms with Crippen LogP contribution in [0.4, 0.5) is 0 Å². The number of carbonyl (C=O) groups is 1. The average Bonchev–Trinajstić information content (AvgIpc) is 2.91. The number of nitrogens with one attached hydrogen (secondary N) is 1. The fourth-order valence-corrected chi connectivity index (χ4v) is 4.37. The summed E-state index contributed by atoms with van der Waals surface area (Å²) in [5.41, 5.74) is -0.339. The number of amides is 1. The van der Waals surface area contributed by atoms with Crippen molar-refractivity contribution in [3.05, 3.63) is 0 Å². The van der Waals surface area contributed by atoms with Gasteiger partial charge in [0.25, 0.3) is 0 Å². The molecule has 3 rings (SSSR count). The highest BCUT2D eigenvalue weighted by atomic mass is 16.2. The lowest BCUT2D eigenvalue weighted by Crippen LogP contribution is -2.61. The monoisotopic (exact) mass is 279 g/mol. The van der Waals surface area contributed by atoms with Crippen molar-refractivity contribution in [3.63, 3.8) is 0 Å². The molecule has 1 N–H and O–H groups in total. The molecule has 0 radical (unpaired) electrons. The zero-order chi connectivity index (χ0) is 14.2. The second kappa shape index (κ2) is 5.64.